The fourth-order valence-corrected chi connectivity index (χ4v) is 3.58. The third kappa shape index (κ3) is 3.33. The average Bonchev–Trinajstić information content (AvgIpc) is 2.47. The summed E-state index contributed by atoms with van der Waals surface area (Å²) < 4.78 is 39.0. The summed E-state index contributed by atoms with van der Waals surface area (Å²) >= 11 is 0. The predicted molar refractivity (Wildman–Crippen MR) is 75.8 cm³/mol. The normalized spacial score (nSPS) is 16.8. The van der Waals surface area contributed by atoms with Gasteiger partial charge in [-0.2, -0.15) is 4.31 Å². The van der Waals surface area contributed by atoms with Crippen LogP contribution in [0.2, 0.25) is 0 Å². The second kappa shape index (κ2) is 5.98. The fraction of sp³-hybridized carbons (Fsp3) is 0.462. The number of piperazine rings is 1. The van der Waals surface area contributed by atoms with Crippen LogP contribution in [0.1, 0.15) is 0 Å². The highest BCUT2D eigenvalue weighted by molar-refractivity contribution is 7.89. The minimum atomic E-state index is -3.63. The van der Waals surface area contributed by atoms with Crippen molar-refractivity contribution in [2.75, 3.05) is 40.3 Å². The van der Waals surface area contributed by atoms with Gasteiger partial charge < -0.3 is 9.80 Å². The van der Waals surface area contributed by atoms with Gasteiger partial charge in [-0.3, -0.25) is 0 Å². The fourth-order valence-electron chi connectivity index (χ4n) is 2.16. The molecule has 1 saturated heterocycles. The second-order valence-corrected chi connectivity index (χ2v) is 6.96. The lowest BCUT2D eigenvalue weighted by Gasteiger charge is -2.35. The summed E-state index contributed by atoms with van der Waals surface area (Å²) in [6.07, 6.45) is 0. The summed E-state index contributed by atoms with van der Waals surface area (Å²) in [7, 11) is -0.320. The third-order valence-corrected chi connectivity index (χ3v) is 5.26. The molecule has 1 heterocycles. The molecule has 6 nitrogen and oxygen atoms in total. The first-order valence-corrected chi connectivity index (χ1v) is 7.98. The van der Waals surface area contributed by atoms with E-state index in [2.05, 4.69) is 0 Å². The summed E-state index contributed by atoms with van der Waals surface area (Å²) in [5, 5.41) is 0. The number of carbonyl (C=O) groups is 1. The molecule has 2 amide bonds. The van der Waals surface area contributed by atoms with E-state index in [1.807, 2.05) is 0 Å². The van der Waals surface area contributed by atoms with E-state index in [9.17, 15) is 17.6 Å². The molecule has 1 aromatic carbocycles. The van der Waals surface area contributed by atoms with Crippen molar-refractivity contribution in [2.45, 2.75) is 4.90 Å². The molecule has 0 spiro atoms. The van der Waals surface area contributed by atoms with Crippen LogP contribution in [0.3, 0.4) is 0 Å². The zero-order valence-corrected chi connectivity index (χ0v) is 12.8. The third-order valence-electron chi connectivity index (χ3n) is 3.34. The van der Waals surface area contributed by atoms with Crippen molar-refractivity contribution in [3.63, 3.8) is 0 Å². The van der Waals surface area contributed by atoms with Gasteiger partial charge in [-0.05, 0) is 24.3 Å². The largest absolute Gasteiger partial charge is 0.331 e. The number of hydrogen-bond donors (Lipinski definition) is 0. The highest BCUT2D eigenvalue weighted by atomic mass is 32.2. The van der Waals surface area contributed by atoms with Gasteiger partial charge in [0.1, 0.15) is 5.82 Å². The highest BCUT2D eigenvalue weighted by Crippen LogP contribution is 2.18. The topological polar surface area (TPSA) is 60.9 Å². The first kappa shape index (κ1) is 15.7. The monoisotopic (exact) mass is 315 g/mol. The molecule has 0 radical (unpaired) electrons. The molecule has 116 valence electrons. The standard InChI is InChI=1S/C13H18FN3O3S/c1-15(2)13(18)16-7-9-17(10-8-16)21(19,20)12-5-3-11(14)4-6-12/h3-6H,7-10H2,1-2H3. The quantitative estimate of drug-likeness (QED) is 0.811. The number of amides is 2. The van der Waals surface area contributed by atoms with Gasteiger partial charge in [-0.1, -0.05) is 0 Å². The Balaban J connectivity index is 2.07. The lowest BCUT2D eigenvalue weighted by atomic mass is 10.3. The number of rotatable bonds is 2. The number of sulfonamides is 1. The zero-order chi connectivity index (χ0) is 15.6. The Morgan fingerprint density at radius 2 is 1.62 bits per heavy atom. The molecule has 0 unspecified atom stereocenters. The van der Waals surface area contributed by atoms with Crippen LogP contribution in [0.4, 0.5) is 9.18 Å². The van der Waals surface area contributed by atoms with Crippen molar-refractivity contribution < 1.29 is 17.6 Å². The second-order valence-electron chi connectivity index (χ2n) is 5.02. The van der Waals surface area contributed by atoms with Crippen molar-refractivity contribution in [1.82, 2.24) is 14.1 Å². The molecule has 1 fully saturated rings. The van der Waals surface area contributed by atoms with Crippen molar-refractivity contribution in [1.29, 1.82) is 0 Å². The minimum absolute atomic E-state index is 0.0660. The SMILES string of the molecule is CN(C)C(=O)N1CCN(S(=O)(=O)c2ccc(F)cc2)CC1. The van der Waals surface area contributed by atoms with Crippen LogP contribution in [0, 0.1) is 5.82 Å². The van der Waals surface area contributed by atoms with Gasteiger partial charge in [-0.15, -0.1) is 0 Å². The van der Waals surface area contributed by atoms with Gasteiger partial charge in [0.05, 0.1) is 4.90 Å². The van der Waals surface area contributed by atoms with Gasteiger partial charge >= 0.3 is 6.03 Å². The summed E-state index contributed by atoms with van der Waals surface area (Å²) in [6, 6.07) is 4.62. The van der Waals surface area contributed by atoms with Gasteiger partial charge in [0.25, 0.3) is 0 Å². The number of urea groups is 1. The van der Waals surface area contributed by atoms with Crippen LogP contribution in [-0.2, 0) is 10.0 Å². The maximum atomic E-state index is 12.9. The number of halogens is 1. The molecular formula is C13H18FN3O3S. The van der Waals surface area contributed by atoms with E-state index in [0.717, 1.165) is 12.1 Å². The smallest absolute Gasteiger partial charge is 0.319 e. The molecule has 1 aliphatic rings. The molecule has 21 heavy (non-hydrogen) atoms. The van der Waals surface area contributed by atoms with E-state index in [1.165, 1.54) is 21.3 Å². The first-order chi connectivity index (χ1) is 9.82. The summed E-state index contributed by atoms with van der Waals surface area (Å²) in [5.74, 6) is -0.477. The molecule has 1 aromatic rings. The molecule has 0 aliphatic carbocycles. The Kier molecular flexibility index (Phi) is 4.48. The van der Waals surface area contributed by atoms with Crippen LogP contribution in [0.25, 0.3) is 0 Å². The molecular weight excluding hydrogens is 297 g/mol. The lowest BCUT2D eigenvalue weighted by molar-refractivity contribution is 0.149. The Bertz CT molecular complexity index is 608. The molecule has 2 rings (SSSR count). The molecule has 0 saturated carbocycles. The molecule has 0 bridgehead atoms. The Hall–Kier alpha value is -1.67. The van der Waals surface area contributed by atoms with Crippen molar-refractivity contribution in [3.8, 4) is 0 Å². The van der Waals surface area contributed by atoms with Crippen molar-refractivity contribution >= 4 is 16.1 Å². The number of nitrogens with zero attached hydrogens (tertiary/aromatic N) is 3. The van der Waals surface area contributed by atoms with Crippen LogP contribution in [-0.4, -0.2) is 68.8 Å². The van der Waals surface area contributed by atoms with E-state index in [1.54, 1.807) is 19.0 Å². The number of benzene rings is 1. The number of hydrogen-bond acceptors (Lipinski definition) is 3. The zero-order valence-electron chi connectivity index (χ0n) is 12.0. The van der Waals surface area contributed by atoms with E-state index in [0.29, 0.717) is 13.1 Å². The Morgan fingerprint density at radius 1 is 1.10 bits per heavy atom. The first-order valence-electron chi connectivity index (χ1n) is 6.54. The van der Waals surface area contributed by atoms with E-state index >= 15 is 0 Å². The van der Waals surface area contributed by atoms with Gasteiger partial charge in [0, 0.05) is 40.3 Å². The van der Waals surface area contributed by atoms with Crippen LogP contribution < -0.4 is 0 Å². The van der Waals surface area contributed by atoms with E-state index in [-0.39, 0.29) is 24.0 Å². The van der Waals surface area contributed by atoms with Crippen molar-refractivity contribution in [2.24, 2.45) is 0 Å². The van der Waals surface area contributed by atoms with E-state index < -0.39 is 15.8 Å². The molecule has 8 heteroatoms. The van der Waals surface area contributed by atoms with Gasteiger partial charge in [0.2, 0.25) is 10.0 Å². The molecule has 0 N–H and O–H groups in total. The summed E-state index contributed by atoms with van der Waals surface area (Å²) in [5.41, 5.74) is 0. The molecule has 0 aromatic heterocycles. The number of carbonyl (C=O) groups excluding carboxylic acids is 1. The van der Waals surface area contributed by atoms with Crippen molar-refractivity contribution in [3.05, 3.63) is 30.1 Å². The van der Waals surface area contributed by atoms with Gasteiger partial charge in [-0.25, -0.2) is 17.6 Å². The van der Waals surface area contributed by atoms with Crippen LogP contribution >= 0.6 is 0 Å². The summed E-state index contributed by atoms with van der Waals surface area (Å²) in [4.78, 5) is 14.9. The van der Waals surface area contributed by atoms with Gasteiger partial charge in [0.15, 0.2) is 0 Å². The molecule has 1 aliphatic heterocycles. The van der Waals surface area contributed by atoms with E-state index in [4.69, 9.17) is 0 Å². The predicted octanol–water partition coefficient (Wildman–Crippen LogP) is 0.814. The minimum Gasteiger partial charge on any atom is -0.331 e. The van der Waals surface area contributed by atoms with Crippen LogP contribution in [0.15, 0.2) is 29.2 Å². The molecule has 0 atom stereocenters. The Morgan fingerprint density at radius 3 is 2.10 bits per heavy atom. The average molecular weight is 315 g/mol. The maximum absolute atomic E-state index is 12.9. The summed E-state index contributed by atoms with van der Waals surface area (Å²) in [6.45, 7) is 1.16. The maximum Gasteiger partial charge on any atom is 0.319 e. The highest BCUT2D eigenvalue weighted by Gasteiger charge is 2.30. The van der Waals surface area contributed by atoms with Crippen LogP contribution in [0.5, 0.6) is 0 Å². The lowest BCUT2D eigenvalue weighted by Crippen LogP contribution is -2.52. The Labute approximate surface area is 123 Å².